The molecule has 4 N–H and O–H groups in total. The van der Waals surface area contributed by atoms with Crippen molar-refractivity contribution >= 4 is 0 Å². The number of aryl methyl sites for hydroxylation is 1. The third-order valence-electron chi connectivity index (χ3n) is 6.61. The summed E-state index contributed by atoms with van der Waals surface area (Å²) in [6.45, 7) is 4.88. The number of aromatic nitrogens is 2. The van der Waals surface area contributed by atoms with Crippen molar-refractivity contribution in [3.8, 4) is 5.88 Å². The first-order valence-corrected chi connectivity index (χ1v) is 11.6. The molecule has 0 saturated carbocycles. The molecular formula is C24H34N2O7. The third kappa shape index (κ3) is 5.08. The van der Waals surface area contributed by atoms with Crippen LogP contribution in [0.5, 0.6) is 5.88 Å². The Kier molecular flexibility index (Phi) is 7.68. The standard InChI is InChI=1S/C24H34N2O7/c1-3-15-6-8-16(9-7-15)11-18-14(2)26(17-5-4-10-31-13-17)25-23(18)33-24-22(30)21(29)20(28)19(12-27)32-24/h6-9,17,19-22,24,27-30H,3-5,10-13H2,1-2H3/t17?,19?,20-,21+,22-,24?/m1/s1. The van der Waals surface area contributed by atoms with E-state index in [2.05, 4.69) is 31.2 Å². The molecule has 2 aliphatic heterocycles. The van der Waals surface area contributed by atoms with Gasteiger partial charge in [-0.3, -0.25) is 4.68 Å². The van der Waals surface area contributed by atoms with Gasteiger partial charge in [-0.05, 0) is 37.3 Å². The van der Waals surface area contributed by atoms with Crippen LogP contribution in [-0.4, -0.2) is 80.7 Å². The Labute approximate surface area is 193 Å². The number of nitrogens with zero attached hydrogens (tertiary/aromatic N) is 2. The maximum Gasteiger partial charge on any atom is 0.239 e. The lowest BCUT2D eigenvalue weighted by Crippen LogP contribution is -2.60. The summed E-state index contributed by atoms with van der Waals surface area (Å²) in [7, 11) is 0. The molecule has 2 fully saturated rings. The maximum absolute atomic E-state index is 10.4. The number of hydrogen-bond acceptors (Lipinski definition) is 8. The summed E-state index contributed by atoms with van der Waals surface area (Å²) in [5.41, 5.74) is 4.13. The van der Waals surface area contributed by atoms with Crippen LogP contribution in [0.2, 0.25) is 0 Å². The average molecular weight is 463 g/mol. The molecule has 0 radical (unpaired) electrons. The molecule has 2 aromatic rings. The van der Waals surface area contributed by atoms with E-state index in [1.54, 1.807) is 0 Å². The van der Waals surface area contributed by atoms with Crippen molar-refractivity contribution in [2.45, 2.75) is 76.3 Å². The van der Waals surface area contributed by atoms with E-state index in [1.165, 1.54) is 5.56 Å². The Morgan fingerprint density at radius 1 is 1.09 bits per heavy atom. The smallest absolute Gasteiger partial charge is 0.239 e. The zero-order valence-corrected chi connectivity index (χ0v) is 19.1. The molecule has 9 heteroatoms. The lowest BCUT2D eigenvalue weighted by molar-refractivity contribution is -0.278. The fourth-order valence-electron chi connectivity index (χ4n) is 4.47. The van der Waals surface area contributed by atoms with E-state index in [0.29, 0.717) is 18.9 Å². The van der Waals surface area contributed by atoms with Crippen molar-refractivity contribution in [2.75, 3.05) is 19.8 Å². The third-order valence-corrected chi connectivity index (χ3v) is 6.61. The van der Waals surface area contributed by atoms with Crippen LogP contribution in [0.3, 0.4) is 0 Å². The van der Waals surface area contributed by atoms with Gasteiger partial charge in [-0.2, -0.15) is 0 Å². The quantitative estimate of drug-likeness (QED) is 0.478. The molecule has 0 bridgehead atoms. The summed E-state index contributed by atoms with van der Waals surface area (Å²) in [4.78, 5) is 0. The molecule has 9 nitrogen and oxygen atoms in total. The first-order valence-electron chi connectivity index (χ1n) is 11.6. The molecule has 2 saturated heterocycles. The second-order valence-electron chi connectivity index (χ2n) is 8.85. The summed E-state index contributed by atoms with van der Waals surface area (Å²) < 4.78 is 19.1. The number of hydrogen-bond donors (Lipinski definition) is 4. The first kappa shape index (κ1) is 24.1. The monoisotopic (exact) mass is 462 g/mol. The minimum absolute atomic E-state index is 0.0760. The molecular weight excluding hydrogens is 428 g/mol. The van der Waals surface area contributed by atoms with Gasteiger partial charge in [0.1, 0.15) is 24.4 Å². The molecule has 3 heterocycles. The van der Waals surface area contributed by atoms with Crippen molar-refractivity contribution < 1.29 is 34.6 Å². The molecule has 1 aromatic heterocycles. The Hall–Kier alpha value is -2.01. The Balaban J connectivity index is 1.64. The number of rotatable bonds is 7. The average Bonchev–Trinajstić information content (AvgIpc) is 3.15. The second-order valence-corrected chi connectivity index (χ2v) is 8.85. The fraction of sp³-hybridized carbons (Fsp3) is 0.625. The predicted octanol–water partition coefficient (Wildman–Crippen LogP) is 0.875. The van der Waals surface area contributed by atoms with Crippen molar-refractivity contribution in [1.82, 2.24) is 9.78 Å². The highest BCUT2D eigenvalue weighted by atomic mass is 16.7. The van der Waals surface area contributed by atoms with Gasteiger partial charge < -0.3 is 34.6 Å². The molecule has 3 unspecified atom stereocenters. The minimum atomic E-state index is -1.51. The van der Waals surface area contributed by atoms with Gasteiger partial charge >= 0.3 is 0 Å². The Morgan fingerprint density at radius 3 is 2.45 bits per heavy atom. The van der Waals surface area contributed by atoms with E-state index in [1.807, 2.05) is 11.6 Å². The van der Waals surface area contributed by atoms with Crippen molar-refractivity contribution in [2.24, 2.45) is 0 Å². The van der Waals surface area contributed by atoms with Gasteiger partial charge in [0, 0.05) is 24.3 Å². The van der Waals surface area contributed by atoms with Crippen LogP contribution in [-0.2, 0) is 22.3 Å². The summed E-state index contributed by atoms with van der Waals surface area (Å²) in [6.07, 6.45) is -3.38. The van der Waals surface area contributed by atoms with E-state index in [-0.39, 0.29) is 6.04 Å². The zero-order valence-electron chi connectivity index (χ0n) is 19.1. The molecule has 0 amide bonds. The van der Waals surface area contributed by atoms with Crippen LogP contribution < -0.4 is 4.74 Å². The van der Waals surface area contributed by atoms with E-state index in [9.17, 15) is 20.4 Å². The van der Waals surface area contributed by atoms with Gasteiger partial charge in [0.05, 0.1) is 19.3 Å². The molecule has 1 aromatic carbocycles. The second kappa shape index (κ2) is 10.5. The molecule has 0 aliphatic carbocycles. The fourth-order valence-corrected chi connectivity index (χ4v) is 4.47. The largest absolute Gasteiger partial charge is 0.443 e. The zero-order chi connectivity index (χ0) is 23.5. The molecule has 6 atom stereocenters. The molecule has 182 valence electrons. The van der Waals surface area contributed by atoms with Crippen LogP contribution in [0, 0.1) is 6.92 Å². The first-order chi connectivity index (χ1) is 15.9. The van der Waals surface area contributed by atoms with Gasteiger partial charge in [0.2, 0.25) is 12.2 Å². The van der Waals surface area contributed by atoms with E-state index < -0.39 is 37.3 Å². The lowest BCUT2D eigenvalue weighted by atomic mass is 9.99. The van der Waals surface area contributed by atoms with Crippen LogP contribution in [0.1, 0.15) is 48.2 Å². The van der Waals surface area contributed by atoms with E-state index >= 15 is 0 Å². The highest BCUT2D eigenvalue weighted by molar-refractivity contribution is 5.37. The Bertz CT molecular complexity index is 908. The molecule has 0 spiro atoms. The SMILES string of the molecule is CCc1ccc(Cc2c(OC3OC(CO)[C@@H](O)[C@H](O)[C@H]3O)nn(C3CCCOC3)c2C)cc1. The summed E-state index contributed by atoms with van der Waals surface area (Å²) in [5, 5.41) is 44.9. The lowest BCUT2D eigenvalue weighted by Gasteiger charge is -2.39. The number of aliphatic hydroxyl groups is 4. The molecule has 33 heavy (non-hydrogen) atoms. The van der Waals surface area contributed by atoms with Crippen molar-refractivity contribution in [1.29, 1.82) is 0 Å². The molecule has 4 rings (SSSR count). The van der Waals surface area contributed by atoms with Crippen molar-refractivity contribution in [3.63, 3.8) is 0 Å². The van der Waals surface area contributed by atoms with Crippen molar-refractivity contribution in [3.05, 3.63) is 46.6 Å². The summed E-state index contributed by atoms with van der Waals surface area (Å²) >= 11 is 0. The van der Waals surface area contributed by atoms with Gasteiger partial charge in [-0.1, -0.05) is 31.2 Å². The molecule has 2 aliphatic rings. The summed E-state index contributed by atoms with van der Waals surface area (Å²) in [5.74, 6) is 0.293. The number of aliphatic hydroxyl groups excluding tert-OH is 4. The maximum atomic E-state index is 10.4. The highest BCUT2D eigenvalue weighted by Gasteiger charge is 2.45. The number of ether oxygens (including phenoxy) is 3. The minimum Gasteiger partial charge on any atom is -0.443 e. The van der Waals surface area contributed by atoms with Gasteiger partial charge in [-0.15, -0.1) is 5.10 Å². The highest BCUT2D eigenvalue weighted by Crippen LogP contribution is 2.32. The van der Waals surface area contributed by atoms with E-state index in [0.717, 1.165) is 42.7 Å². The van der Waals surface area contributed by atoms with E-state index in [4.69, 9.17) is 19.3 Å². The summed E-state index contributed by atoms with van der Waals surface area (Å²) in [6, 6.07) is 8.44. The topological polar surface area (TPSA) is 126 Å². The van der Waals surface area contributed by atoms with Crippen LogP contribution >= 0.6 is 0 Å². The normalized spacial score (nSPS) is 30.4. The predicted molar refractivity (Wildman–Crippen MR) is 119 cm³/mol. The van der Waals surface area contributed by atoms with Gasteiger partial charge in [0.25, 0.3) is 0 Å². The Morgan fingerprint density at radius 2 is 1.82 bits per heavy atom. The van der Waals surface area contributed by atoms with Crippen LogP contribution in [0.15, 0.2) is 24.3 Å². The number of benzene rings is 1. The van der Waals surface area contributed by atoms with Gasteiger partial charge in [0.15, 0.2) is 0 Å². The van der Waals surface area contributed by atoms with Crippen LogP contribution in [0.25, 0.3) is 0 Å². The van der Waals surface area contributed by atoms with Gasteiger partial charge in [-0.25, -0.2) is 0 Å². The van der Waals surface area contributed by atoms with Crippen LogP contribution in [0.4, 0.5) is 0 Å².